The molecular formula is C17H16N4O2. The number of nitrogens with two attached hydrogens (primary N) is 1. The van der Waals surface area contributed by atoms with Crippen molar-refractivity contribution in [3.8, 4) is 0 Å². The second-order valence-electron chi connectivity index (χ2n) is 6.18. The SMILES string of the molecule is CC1(C)c2cccc(C(N)=O)c2CN1c1nc2cnccc2o1. The molecule has 1 aromatic carbocycles. The van der Waals surface area contributed by atoms with Crippen LogP contribution in [0.2, 0.25) is 0 Å². The van der Waals surface area contributed by atoms with Gasteiger partial charge in [0.1, 0.15) is 5.52 Å². The van der Waals surface area contributed by atoms with Gasteiger partial charge in [0.05, 0.1) is 11.7 Å². The number of carbonyl (C=O) groups excluding carboxylic acids is 1. The number of nitrogens with zero attached hydrogens (tertiary/aromatic N) is 3. The zero-order valence-electron chi connectivity index (χ0n) is 12.9. The normalized spacial score (nSPS) is 15.8. The predicted octanol–water partition coefficient (Wildman–Crippen LogP) is 2.58. The minimum absolute atomic E-state index is 0.352. The van der Waals surface area contributed by atoms with Crippen LogP contribution in [-0.2, 0) is 12.1 Å². The van der Waals surface area contributed by atoms with Crippen LogP contribution in [0.4, 0.5) is 6.01 Å². The number of hydrogen-bond donors (Lipinski definition) is 1. The molecule has 2 aromatic heterocycles. The number of pyridine rings is 1. The molecule has 0 saturated carbocycles. The summed E-state index contributed by atoms with van der Waals surface area (Å²) in [5.74, 6) is -0.415. The van der Waals surface area contributed by atoms with Crippen molar-refractivity contribution in [3.63, 3.8) is 0 Å². The molecule has 2 N–H and O–H groups in total. The molecule has 1 amide bonds. The minimum Gasteiger partial charge on any atom is -0.423 e. The van der Waals surface area contributed by atoms with Crippen molar-refractivity contribution >= 4 is 23.0 Å². The van der Waals surface area contributed by atoms with Crippen molar-refractivity contribution in [1.29, 1.82) is 0 Å². The summed E-state index contributed by atoms with van der Waals surface area (Å²) in [5, 5.41) is 0. The van der Waals surface area contributed by atoms with Crippen LogP contribution < -0.4 is 10.6 Å². The predicted molar refractivity (Wildman–Crippen MR) is 86.0 cm³/mol. The van der Waals surface area contributed by atoms with E-state index in [1.807, 2.05) is 17.0 Å². The maximum absolute atomic E-state index is 11.7. The first kappa shape index (κ1) is 13.8. The Morgan fingerprint density at radius 3 is 2.91 bits per heavy atom. The molecule has 3 aromatic rings. The quantitative estimate of drug-likeness (QED) is 0.786. The van der Waals surface area contributed by atoms with Crippen LogP contribution in [0.1, 0.15) is 35.3 Å². The number of oxazole rings is 1. The lowest BCUT2D eigenvalue weighted by molar-refractivity contribution is 0.0999. The molecule has 0 radical (unpaired) electrons. The monoisotopic (exact) mass is 308 g/mol. The number of primary amides is 1. The fourth-order valence-electron chi connectivity index (χ4n) is 3.25. The topological polar surface area (TPSA) is 85.3 Å². The van der Waals surface area contributed by atoms with Crippen molar-refractivity contribution in [2.24, 2.45) is 5.73 Å². The highest BCUT2D eigenvalue weighted by Crippen LogP contribution is 2.43. The van der Waals surface area contributed by atoms with E-state index in [-0.39, 0.29) is 5.54 Å². The Bertz CT molecular complexity index is 896. The van der Waals surface area contributed by atoms with E-state index in [2.05, 4.69) is 23.8 Å². The Morgan fingerprint density at radius 1 is 1.35 bits per heavy atom. The van der Waals surface area contributed by atoms with Gasteiger partial charge in [-0.25, -0.2) is 0 Å². The number of amides is 1. The zero-order valence-corrected chi connectivity index (χ0v) is 12.9. The van der Waals surface area contributed by atoms with Gasteiger partial charge in [-0.2, -0.15) is 4.98 Å². The van der Waals surface area contributed by atoms with E-state index >= 15 is 0 Å². The van der Waals surface area contributed by atoms with Crippen LogP contribution >= 0.6 is 0 Å². The molecule has 0 fully saturated rings. The number of fused-ring (bicyclic) bond motifs is 2. The van der Waals surface area contributed by atoms with Gasteiger partial charge in [0.25, 0.3) is 6.01 Å². The van der Waals surface area contributed by atoms with Crippen molar-refractivity contribution in [1.82, 2.24) is 9.97 Å². The number of hydrogen-bond acceptors (Lipinski definition) is 5. The number of anilines is 1. The molecule has 1 aliphatic rings. The fraction of sp³-hybridized carbons (Fsp3) is 0.235. The molecule has 0 aliphatic carbocycles. The third-order valence-electron chi connectivity index (χ3n) is 4.50. The average Bonchev–Trinajstić information content (AvgIpc) is 3.05. The smallest absolute Gasteiger partial charge is 0.299 e. The number of benzene rings is 1. The summed E-state index contributed by atoms with van der Waals surface area (Å²) < 4.78 is 5.88. The largest absolute Gasteiger partial charge is 0.423 e. The molecule has 3 heterocycles. The van der Waals surface area contributed by atoms with Crippen molar-refractivity contribution in [2.75, 3.05) is 4.90 Å². The molecule has 116 valence electrons. The standard InChI is InChI=1S/C17H16N4O2/c1-17(2)12-5-3-4-10(15(18)22)11(12)9-21(17)16-20-13-8-19-7-6-14(13)23-16/h3-8H,9H2,1-2H3,(H2,18,22). The summed E-state index contributed by atoms with van der Waals surface area (Å²) in [4.78, 5) is 22.4. The fourth-order valence-corrected chi connectivity index (χ4v) is 3.25. The molecule has 0 bridgehead atoms. The van der Waals surface area contributed by atoms with Gasteiger partial charge < -0.3 is 15.1 Å². The Kier molecular flexibility index (Phi) is 2.72. The summed E-state index contributed by atoms with van der Waals surface area (Å²) in [5.41, 5.74) is 9.12. The van der Waals surface area contributed by atoms with Gasteiger partial charge in [0.15, 0.2) is 5.58 Å². The van der Waals surface area contributed by atoms with Crippen molar-refractivity contribution < 1.29 is 9.21 Å². The molecular weight excluding hydrogens is 292 g/mol. The maximum atomic E-state index is 11.7. The van der Waals surface area contributed by atoms with Crippen molar-refractivity contribution in [2.45, 2.75) is 25.9 Å². The van der Waals surface area contributed by atoms with E-state index in [0.29, 0.717) is 29.2 Å². The average molecular weight is 308 g/mol. The van der Waals surface area contributed by atoms with E-state index in [1.165, 1.54) is 0 Å². The summed E-state index contributed by atoms with van der Waals surface area (Å²) in [6, 6.07) is 7.95. The molecule has 6 nitrogen and oxygen atoms in total. The van der Waals surface area contributed by atoms with Crippen LogP contribution in [0.3, 0.4) is 0 Å². The van der Waals surface area contributed by atoms with Crippen LogP contribution in [0.15, 0.2) is 41.1 Å². The highest BCUT2D eigenvalue weighted by molar-refractivity contribution is 5.95. The first-order chi connectivity index (χ1) is 11.0. The molecule has 0 atom stereocenters. The number of rotatable bonds is 2. The van der Waals surface area contributed by atoms with E-state index in [9.17, 15) is 4.79 Å². The molecule has 6 heteroatoms. The van der Waals surface area contributed by atoms with Crippen LogP contribution in [0, 0.1) is 0 Å². The van der Waals surface area contributed by atoms with Gasteiger partial charge in [0.2, 0.25) is 5.91 Å². The lowest BCUT2D eigenvalue weighted by Crippen LogP contribution is -2.35. The lowest BCUT2D eigenvalue weighted by Gasteiger charge is -2.30. The van der Waals surface area contributed by atoms with Gasteiger partial charge in [-0.15, -0.1) is 0 Å². The molecule has 0 spiro atoms. The van der Waals surface area contributed by atoms with Crippen molar-refractivity contribution in [3.05, 3.63) is 53.3 Å². The van der Waals surface area contributed by atoms with E-state index < -0.39 is 5.91 Å². The number of aromatic nitrogens is 2. The molecule has 4 rings (SSSR count). The summed E-state index contributed by atoms with van der Waals surface area (Å²) in [6.45, 7) is 4.69. The molecule has 0 unspecified atom stereocenters. The molecule has 23 heavy (non-hydrogen) atoms. The molecule has 1 aliphatic heterocycles. The first-order valence-electron chi connectivity index (χ1n) is 7.39. The minimum atomic E-state index is -0.415. The van der Waals surface area contributed by atoms with Crippen LogP contribution in [0.5, 0.6) is 0 Å². The Balaban J connectivity index is 1.85. The van der Waals surface area contributed by atoms with Gasteiger partial charge in [-0.05, 0) is 31.0 Å². The van der Waals surface area contributed by atoms with E-state index in [4.69, 9.17) is 10.2 Å². The summed E-state index contributed by atoms with van der Waals surface area (Å²) in [6.07, 6.45) is 3.35. The maximum Gasteiger partial charge on any atom is 0.299 e. The summed E-state index contributed by atoms with van der Waals surface area (Å²) in [7, 11) is 0. The van der Waals surface area contributed by atoms with Gasteiger partial charge in [0, 0.05) is 24.4 Å². The molecule has 0 saturated heterocycles. The lowest BCUT2D eigenvalue weighted by atomic mass is 9.91. The Labute approximate surface area is 132 Å². The third-order valence-corrected chi connectivity index (χ3v) is 4.50. The Morgan fingerprint density at radius 2 is 2.17 bits per heavy atom. The summed E-state index contributed by atoms with van der Waals surface area (Å²) >= 11 is 0. The van der Waals surface area contributed by atoms with Gasteiger partial charge in [-0.3, -0.25) is 9.78 Å². The second-order valence-corrected chi connectivity index (χ2v) is 6.18. The highest BCUT2D eigenvalue weighted by atomic mass is 16.4. The third kappa shape index (κ3) is 1.91. The van der Waals surface area contributed by atoms with Gasteiger partial charge in [-0.1, -0.05) is 12.1 Å². The number of carbonyl (C=O) groups is 1. The highest BCUT2D eigenvalue weighted by Gasteiger charge is 2.41. The van der Waals surface area contributed by atoms with Crippen LogP contribution in [-0.4, -0.2) is 15.9 Å². The second kappa shape index (κ2) is 4.55. The first-order valence-corrected chi connectivity index (χ1v) is 7.39. The Hall–Kier alpha value is -2.89. The van der Waals surface area contributed by atoms with Crippen LogP contribution in [0.25, 0.3) is 11.1 Å². The van der Waals surface area contributed by atoms with Gasteiger partial charge >= 0.3 is 0 Å². The van der Waals surface area contributed by atoms with E-state index in [1.54, 1.807) is 24.5 Å². The zero-order chi connectivity index (χ0) is 16.2. The van der Waals surface area contributed by atoms with E-state index in [0.717, 1.165) is 11.1 Å².